The Bertz CT molecular complexity index is 898. The molecule has 140 valence electrons. The van der Waals surface area contributed by atoms with Crippen molar-refractivity contribution in [3.63, 3.8) is 0 Å². The summed E-state index contributed by atoms with van der Waals surface area (Å²) in [7, 11) is 0. The predicted molar refractivity (Wildman–Crippen MR) is 89.3 cm³/mol. The van der Waals surface area contributed by atoms with Gasteiger partial charge in [0.15, 0.2) is 11.3 Å². The number of ether oxygens (including phenoxy) is 1. The van der Waals surface area contributed by atoms with Crippen molar-refractivity contribution in [2.24, 2.45) is 10.4 Å². The van der Waals surface area contributed by atoms with Gasteiger partial charge < -0.3 is 4.74 Å². The van der Waals surface area contributed by atoms with Gasteiger partial charge in [-0.25, -0.2) is 9.69 Å². The van der Waals surface area contributed by atoms with Gasteiger partial charge in [-0.15, -0.1) is 15.1 Å². The zero-order chi connectivity index (χ0) is 19.8. The number of amides is 2. The third-order valence-electron chi connectivity index (χ3n) is 4.24. The predicted octanol–water partition coefficient (Wildman–Crippen LogP) is 0.903. The lowest BCUT2D eigenvalue weighted by Gasteiger charge is -2.24. The molecule has 0 N–H and O–H groups in total. The van der Waals surface area contributed by atoms with Gasteiger partial charge in [0.25, 0.3) is 11.6 Å². The number of hydrogen-bond acceptors (Lipinski definition) is 9. The van der Waals surface area contributed by atoms with E-state index in [9.17, 15) is 29.4 Å². The highest BCUT2D eigenvalue weighted by Crippen LogP contribution is 2.41. The van der Waals surface area contributed by atoms with Gasteiger partial charge in [-0.1, -0.05) is 6.07 Å². The van der Waals surface area contributed by atoms with Crippen molar-refractivity contribution in [2.45, 2.75) is 25.3 Å². The second-order valence-electron chi connectivity index (χ2n) is 5.83. The molecule has 0 aromatic heterocycles. The standard InChI is InChI=1S/C15H13N5O7/c1-2-27-13(22)11-7-15(20(16-11)17-24)8-12(21)18(14(15)23)9-4-3-5-10(6-9)19(25)26/h3-6H,2,7-8H2,1H3/t15-/m0/s1. The first kappa shape index (κ1) is 18.1. The van der Waals surface area contributed by atoms with E-state index in [1.54, 1.807) is 6.92 Å². The first-order valence-electron chi connectivity index (χ1n) is 7.84. The number of benzene rings is 1. The molecule has 2 aliphatic rings. The largest absolute Gasteiger partial charge is 0.461 e. The molecule has 2 heterocycles. The number of anilines is 1. The number of hydrogen-bond donors (Lipinski definition) is 0. The minimum Gasteiger partial charge on any atom is -0.461 e. The van der Waals surface area contributed by atoms with Gasteiger partial charge in [0.2, 0.25) is 5.91 Å². The maximum absolute atomic E-state index is 13.0. The van der Waals surface area contributed by atoms with Crippen LogP contribution in [0.3, 0.4) is 0 Å². The van der Waals surface area contributed by atoms with Crippen LogP contribution in [0.5, 0.6) is 0 Å². The Morgan fingerprint density at radius 2 is 2.15 bits per heavy atom. The molecule has 1 aromatic rings. The summed E-state index contributed by atoms with van der Waals surface area (Å²) in [6, 6.07) is 4.95. The SMILES string of the molecule is CCOC(=O)C1=NN(N=O)[C@]2(CC(=O)N(c3cccc([N+](=O)[O-])c3)C2=O)C1. The molecular weight excluding hydrogens is 362 g/mol. The fraction of sp³-hybridized carbons (Fsp3) is 0.333. The molecule has 1 spiro atoms. The van der Waals surface area contributed by atoms with E-state index in [1.165, 1.54) is 18.2 Å². The molecule has 2 amide bonds. The number of imide groups is 1. The number of esters is 1. The summed E-state index contributed by atoms with van der Waals surface area (Å²) in [6.07, 6.45) is -0.805. The fourth-order valence-electron chi connectivity index (χ4n) is 3.04. The van der Waals surface area contributed by atoms with Gasteiger partial charge >= 0.3 is 5.97 Å². The normalized spacial score (nSPS) is 21.6. The molecule has 1 fully saturated rings. The van der Waals surface area contributed by atoms with E-state index in [0.717, 1.165) is 11.0 Å². The van der Waals surface area contributed by atoms with Crippen LogP contribution in [0.2, 0.25) is 0 Å². The van der Waals surface area contributed by atoms with Crippen molar-refractivity contribution in [3.8, 4) is 0 Å². The first-order valence-corrected chi connectivity index (χ1v) is 7.84. The molecule has 0 unspecified atom stereocenters. The Labute approximate surface area is 151 Å². The van der Waals surface area contributed by atoms with Gasteiger partial charge in [-0.2, -0.15) is 0 Å². The van der Waals surface area contributed by atoms with E-state index >= 15 is 0 Å². The Morgan fingerprint density at radius 1 is 1.41 bits per heavy atom. The van der Waals surface area contributed by atoms with E-state index in [2.05, 4.69) is 10.4 Å². The quantitative estimate of drug-likeness (QED) is 0.242. The summed E-state index contributed by atoms with van der Waals surface area (Å²) in [4.78, 5) is 59.6. The van der Waals surface area contributed by atoms with Crippen LogP contribution in [0, 0.1) is 15.0 Å². The van der Waals surface area contributed by atoms with Gasteiger partial charge in [0.1, 0.15) is 0 Å². The van der Waals surface area contributed by atoms with Gasteiger partial charge in [0, 0.05) is 18.6 Å². The van der Waals surface area contributed by atoms with Crippen molar-refractivity contribution in [2.75, 3.05) is 11.5 Å². The average molecular weight is 375 g/mol. The molecular formula is C15H13N5O7. The van der Waals surface area contributed by atoms with Gasteiger partial charge in [-0.05, 0) is 13.0 Å². The fourth-order valence-corrected chi connectivity index (χ4v) is 3.04. The summed E-state index contributed by atoms with van der Waals surface area (Å²) in [6.45, 7) is 1.64. The molecule has 2 aliphatic heterocycles. The Morgan fingerprint density at radius 3 is 2.78 bits per heavy atom. The second-order valence-corrected chi connectivity index (χ2v) is 5.83. The van der Waals surface area contributed by atoms with Crippen LogP contribution in [0.15, 0.2) is 34.7 Å². The smallest absolute Gasteiger partial charge is 0.354 e. The molecule has 0 aliphatic carbocycles. The zero-order valence-corrected chi connectivity index (χ0v) is 14.0. The van der Waals surface area contributed by atoms with E-state index in [4.69, 9.17) is 4.74 Å². The molecule has 27 heavy (non-hydrogen) atoms. The summed E-state index contributed by atoms with van der Waals surface area (Å²) in [5.74, 6) is -2.37. The Balaban J connectivity index is 1.96. The van der Waals surface area contributed by atoms with Crippen LogP contribution < -0.4 is 4.90 Å². The number of nitro benzene ring substituents is 1. The van der Waals surface area contributed by atoms with E-state index < -0.39 is 34.7 Å². The summed E-state index contributed by atoms with van der Waals surface area (Å²) in [5, 5.41) is 17.8. The second kappa shape index (κ2) is 6.55. The molecule has 0 bridgehead atoms. The summed E-state index contributed by atoms with van der Waals surface area (Å²) in [5.41, 5.74) is -2.33. The molecule has 12 nitrogen and oxygen atoms in total. The average Bonchev–Trinajstić information content (AvgIpc) is 3.13. The Hall–Kier alpha value is -3.70. The lowest BCUT2D eigenvalue weighted by molar-refractivity contribution is -0.384. The van der Waals surface area contributed by atoms with Crippen molar-refractivity contribution >= 4 is 34.9 Å². The molecule has 0 radical (unpaired) electrons. The minimum absolute atomic E-state index is 0.0218. The van der Waals surface area contributed by atoms with Crippen molar-refractivity contribution in [3.05, 3.63) is 39.3 Å². The van der Waals surface area contributed by atoms with E-state index in [1.807, 2.05) is 0 Å². The van der Waals surface area contributed by atoms with Crippen LogP contribution >= 0.6 is 0 Å². The maximum atomic E-state index is 13.0. The minimum atomic E-state index is -1.79. The third kappa shape index (κ3) is 2.80. The number of rotatable bonds is 5. The number of carbonyl (C=O) groups is 3. The van der Waals surface area contributed by atoms with Gasteiger partial charge in [-0.3, -0.25) is 19.7 Å². The molecule has 1 aromatic carbocycles. The van der Waals surface area contributed by atoms with Crippen molar-refractivity contribution in [1.82, 2.24) is 5.12 Å². The number of nitrogens with zero attached hydrogens (tertiary/aromatic N) is 5. The monoisotopic (exact) mass is 375 g/mol. The van der Waals surface area contributed by atoms with Crippen molar-refractivity contribution < 1.29 is 24.0 Å². The Kier molecular flexibility index (Phi) is 4.39. The molecule has 0 saturated carbocycles. The number of nitroso groups, excluding NO2 is 1. The van der Waals surface area contributed by atoms with E-state index in [0.29, 0.717) is 5.12 Å². The number of nitro groups is 1. The third-order valence-corrected chi connectivity index (χ3v) is 4.24. The van der Waals surface area contributed by atoms with Crippen LogP contribution in [0.4, 0.5) is 11.4 Å². The highest BCUT2D eigenvalue weighted by molar-refractivity contribution is 6.39. The highest BCUT2D eigenvalue weighted by atomic mass is 16.6. The maximum Gasteiger partial charge on any atom is 0.354 e. The number of hydrazone groups is 1. The lowest BCUT2D eigenvalue weighted by Crippen LogP contribution is -2.48. The molecule has 1 saturated heterocycles. The summed E-state index contributed by atoms with van der Waals surface area (Å²) < 4.78 is 4.81. The van der Waals surface area contributed by atoms with Gasteiger partial charge in [0.05, 0.1) is 28.9 Å². The highest BCUT2D eigenvalue weighted by Gasteiger charge is 2.61. The molecule has 3 rings (SSSR count). The summed E-state index contributed by atoms with van der Waals surface area (Å²) >= 11 is 0. The number of carbonyl (C=O) groups excluding carboxylic acids is 3. The lowest BCUT2D eigenvalue weighted by atomic mass is 9.92. The molecule has 12 heteroatoms. The topological polar surface area (TPSA) is 152 Å². The van der Waals surface area contributed by atoms with Crippen LogP contribution in [-0.4, -0.2) is 45.7 Å². The van der Waals surface area contributed by atoms with E-state index in [-0.39, 0.29) is 30.1 Å². The van der Waals surface area contributed by atoms with Crippen molar-refractivity contribution in [1.29, 1.82) is 0 Å². The van der Waals surface area contributed by atoms with Crippen LogP contribution in [0.1, 0.15) is 19.8 Å². The number of non-ortho nitro benzene ring substituents is 1. The zero-order valence-electron chi connectivity index (χ0n) is 14.0. The molecule has 1 atom stereocenters. The van der Waals surface area contributed by atoms with Crippen LogP contribution in [0.25, 0.3) is 0 Å². The van der Waals surface area contributed by atoms with Crippen LogP contribution in [-0.2, 0) is 19.1 Å². The first-order chi connectivity index (χ1) is 12.8.